The number of rotatable bonds is 7. The number of aromatic nitrogens is 4. The molecule has 1 fully saturated rings. The smallest absolute Gasteiger partial charge is 0.162 e. The molecule has 154 valence electrons. The number of fused-ring (bicyclic) bond motifs is 1. The van der Waals surface area contributed by atoms with Gasteiger partial charge in [-0.25, -0.2) is 9.97 Å². The number of anilines is 3. The van der Waals surface area contributed by atoms with Gasteiger partial charge >= 0.3 is 0 Å². The maximum Gasteiger partial charge on any atom is 0.162 e. The van der Waals surface area contributed by atoms with Crippen LogP contribution in [0.5, 0.6) is 0 Å². The topological polar surface area (TPSA) is 105 Å². The fourth-order valence-corrected chi connectivity index (χ4v) is 4.00. The largest absolute Gasteiger partial charge is 0.396 e. The third-order valence-electron chi connectivity index (χ3n) is 5.62. The number of hydrogen-bond donors (Lipinski definition) is 3. The molecule has 4 rings (SSSR count). The Kier molecular flexibility index (Phi) is 5.80. The minimum Gasteiger partial charge on any atom is -0.396 e. The Morgan fingerprint density at radius 1 is 1.28 bits per heavy atom. The fraction of sp³-hybridized carbons (Fsp3) is 0.476. The van der Waals surface area contributed by atoms with Crippen molar-refractivity contribution in [1.29, 1.82) is 0 Å². The lowest BCUT2D eigenvalue weighted by molar-refractivity contribution is 0.262. The molecular weight excluding hydrogens is 366 g/mol. The molecule has 0 saturated carbocycles. The lowest BCUT2D eigenvalue weighted by Gasteiger charge is -2.36. The number of piperidine rings is 1. The number of pyridine rings is 1. The second kappa shape index (κ2) is 8.65. The molecule has 3 aromatic rings. The van der Waals surface area contributed by atoms with E-state index in [4.69, 9.17) is 10.7 Å². The zero-order valence-corrected chi connectivity index (χ0v) is 16.9. The van der Waals surface area contributed by atoms with Crippen LogP contribution in [0.2, 0.25) is 0 Å². The van der Waals surface area contributed by atoms with E-state index in [1.54, 1.807) is 12.3 Å². The van der Waals surface area contributed by atoms with Crippen molar-refractivity contribution < 1.29 is 5.11 Å². The average Bonchev–Trinajstić information content (AvgIpc) is 3.17. The van der Waals surface area contributed by atoms with Gasteiger partial charge in [-0.05, 0) is 43.7 Å². The minimum absolute atomic E-state index is 0.200. The first-order valence-electron chi connectivity index (χ1n) is 10.4. The quantitative estimate of drug-likeness (QED) is 0.565. The van der Waals surface area contributed by atoms with Crippen molar-refractivity contribution in [3.05, 3.63) is 41.7 Å². The number of nitrogens with two attached hydrogens (primary N) is 1. The highest BCUT2D eigenvalue weighted by Crippen LogP contribution is 2.29. The van der Waals surface area contributed by atoms with Crippen molar-refractivity contribution in [2.45, 2.75) is 51.6 Å². The van der Waals surface area contributed by atoms with Gasteiger partial charge in [-0.1, -0.05) is 13.0 Å². The first kappa shape index (κ1) is 19.4. The van der Waals surface area contributed by atoms with Gasteiger partial charge in [0.05, 0.1) is 6.20 Å². The molecule has 0 aliphatic carbocycles. The normalized spacial score (nSPS) is 17.0. The standard InChI is InChI=1S/C21H29N7O/c1-2-16-14-25-28-19(24-13-15-6-7-18(22)23-12-15)11-20(26-21(16)28)27-9-4-3-5-17(27)8-10-29/h6-7,11-12,14,17,24,29H,2-5,8-10,13H2,1H3,(H2,22,23)/t17-/m0/s1. The van der Waals surface area contributed by atoms with Gasteiger partial charge in [-0.15, -0.1) is 0 Å². The summed E-state index contributed by atoms with van der Waals surface area (Å²) >= 11 is 0. The van der Waals surface area contributed by atoms with Crippen LogP contribution in [-0.2, 0) is 13.0 Å². The number of aliphatic hydroxyl groups excluding tert-OH is 1. The average molecular weight is 396 g/mol. The second-order valence-corrected chi connectivity index (χ2v) is 7.56. The van der Waals surface area contributed by atoms with Crippen LogP contribution in [-0.4, -0.2) is 43.9 Å². The summed E-state index contributed by atoms with van der Waals surface area (Å²) < 4.78 is 1.87. The number of nitrogen functional groups attached to an aromatic ring is 1. The lowest BCUT2D eigenvalue weighted by Crippen LogP contribution is -2.40. The minimum atomic E-state index is 0.200. The molecule has 1 saturated heterocycles. The van der Waals surface area contributed by atoms with Crippen molar-refractivity contribution in [3.8, 4) is 0 Å². The van der Waals surface area contributed by atoms with Gasteiger partial charge in [-0.2, -0.15) is 9.61 Å². The third-order valence-corrected chi connectivity index (χ3v) is 5.62. The summed E-state index contributed by atoms with van der Waals surface area (Å²) in [6, 6.07) is 6.17. The van der Waals surface area contributed by atoms with E-state index < -0.39 is 0 Å². The summed E-state index contributed by atoms with van der Waals surface area (Å²) in [5.41, 5.74) is 8.75. The highest BCUT2D eigenvalue weighted by atomic mass is 16.3. The number of aryl methyl sites for hydroxylation is 1. The molecule has 0 spiro atoms. The van der Waals surface area contributed by atoms with Crippen LogP contribution in [0.4, 0.5) is 17.5 Å². The molecule has 1 aliphatic rings. The number of nitrogens with zero attached hydrogens (tertiary/aromatic N) is 5. The van der Waals surface area contributed by atoms with Gasteiger partial charge in [-0.3, -0.25) is 0 Å². The van der Waals surface area contributed by atoms with Gasteiger partial charge < -0.3 is 21.1 Å². The van der Waals surface area contributed by atoms with E-state index in [0.717, 1.165) is 60.6 Å². The summed E-state index contributed by atoms with van der Waals surface area (Å²) in [5.74, 6) is 2.36. The molecule has 3 aromatic heterocycles. The first-order valence-corrected chi connectivity index (χ1v) is 10.4. The van der Waals surface area contributed by atoms with Crippen LogP contribution in [0.25, 0.3) is 5.65 Å². The summed E-state index contributed by atoms with van der Waals surface area (Å²) in [4.78, 5) is 11.5. The lowest BCUT2D eigenvalue weighted by atomic mass is 9.99. The number of hydrogen-bond acceptors (Lipinski definition) is 7. The molecule has 4 N–H and O–H groups in total. The highest BCUT2D eigenvalue weighted by Gasteiger charge is 2.24. The molecule has 0 aromatic carbocycles. The summed E-state index contributed by atoms with van der Waals surface area (Å²) in [6.45, 7) is 3.90. The van der Waals surface area contributed by atoms with Crippen molar-refractivity contribution in [3.63, 3.8) is 0 Å². The van der Waals surface area contributed by atoms with Crippen molar-refractivity contribution in [2.75, 3.05) is 29.1 Å². The zero-order valence-electron chi connectivity index (χ0n) is 16.9. The molecule has 8 nitrogen and oxygen atoms in total. The molecule has 0 radical (unpaired) electrons. The van der Waals surface area contributed by atoms with Crippen molar-refractivity contribution in [1.82, 2.24) is 19.6 Å². The van der Waals surface area contributed by atoms with Crippen LogP contribution in [0.1, 0.15) is 43.7 Å². The van der Waals surface area contributed by atoms with Crippen LogP contribution < -0.4 is 16.0 Å². The van der Waals surface area contributed by atoms with Gasteiger partial charge in [0.15, 0.2) is 5.65 Å². The van der Waals surface area contributed by atoms with E-state index >= 15 is 0 Å². The Morgan fingerprint density at radius 3 is 2.93 bits per heavy atom. The van der Waals surface area contributed by atoms with E-state index in [1.807, 2.05) is 16.8 Å². The third kappa shape index (κ3) is 4.12. The second-order valence-electron chi connectivity index (χ2n) is 7.56. The molecule has 1 aliphatic heterocycles. The van der Waals surface area contributed by atoms with E-state index in [-0.39, 0.29) is 6.61 Å². The molecule has 29 heavy (non-hydrogen) atoms. The Labute approximate surface area is 170 Å². The monoisotopic (exact) mass is 395 g/mol. The van der Waals surface area contributed by atoms with Crippen LogP contribution in [0.15, 0.2) is 30.6 Å². The molecule has 0 amide bonds. The first-order chi connectivity index (χ1) is 14.2. The Hall–Kier alpha value is -2.87. The Morgan fingerprint density at radius 2 is 2.17 bits per heavy atom. The zero-order chi connectivity index (χ0) is 20.2. The van der Waals surface area contributed by atoms with Gasteiger partial charge in [0.25, 0.3) is 0 Å². The van der Waals surface area contributed by atoms with Crippen LogP contribution in [0.3, 0.4) is 0 Å². The van der Waals surface area contributed by atoms with Crippen LogP contribution >= 0.6 is 0 Å². The molecule has 8 heteroatoms. The summed E-state index contributed by atoms with van der Waals surface area (Å²) in [7, 11) is 0. The van der Waals surface area contributed by atoms with Crippen molar-refractivity contribution >= 4 is 23.1 Å². The predicted molar refractivity (Wildman–Crippen MR) is 115 cm³/mol. The van der Waals surface area contributed by atoms with Gasteiger partial charge in [0, 0.05) is 43.6 Å². The van der Waals surface area contributed by atoms with Crippen molar-refractivity contribution in [2.24, 2.45) is 0 Å². The molecule has 4 heterocycles. The summed E-state index contributed by atoms with van der Waals surface area (Å²) in [5, 5.41) is 17.5. The van der Waals surface area contributed by atoms with Crippen LogP contribution in [0, 0.1) is 0 Å². The van der Waals surface area contributed by atoms with Gasteiger partial charge in [0.2, 0.25) is 0 Å². The maximum absolute atomic E-state index is 9.50. The number of aliphatic hydroxyl groups is 1. The maximum atomic E-state index is 9.50. The molecule has 0 unspecified atom stereocenters. The molecule has 1 atom stereocenters. The molecular formula is C21H29N7O. The Balaban J connectivity index is 1.68. The van der Waals surface area contributed by atoms with E-state index in [9.17, 15) is 5.11 Å². The Bertz CT molecular complexity index is 952. The molecule has 0 bridgehead atoms. The number of nitrogens with one attached hydrogen (secondary N) is 1. The van der Waals surface area contributed by atoms with E-state index in [2.05, 4.69) is 33.3 Å². The van der Waals surface area contributed by atoms with E-state index in [1.165, 1.54) is 6.42 Å². The SMILES string of the molecule is CCc1cnn2c(NCc3ccc(N)nc3)cc(N3CCCC[C@H]3CCO)nc12. The van der Waals surface area contributed by atoms with E-state index in [0.29, 0.717) is 18.4 Å². The van der Waals surface area contributed by atoms with Gasteiger partial charge in [0.1, 0.15) is 17.5 Å². The predicted octanol–water partition coefficient (Wildman–Crippen LogP) is 2.62. The summed E-state index contributed by atoms with van der Waals surface area (Å²) in [6.07, 6.45) is 8.76. The fourth-order valence-electron chi connectivity index (χ4n) is 4.00. The highest BCUT2D eigenvalue weighted by molar-refractivity contribution is 5.61.